The second-order valence-electron chi connectivity index (χ2n) is 14.8. The van der Waals surface area contributed by atoms with Crippen LogP contribution in [0.4, 0.5) is 0 Å². The number of rotatable bonds is 25. The second-order valence-corrected chi connectivity index (χ2v) is 14.8. The third-order valence-electron chi connectivity index (χ3n) is 8.98. The Bertz CT molecular complexity index is 1640. The lowest BCUT2D eigenvalue weighted by molar-refractivity contribution is -0.143. The molecule has 0 aliphatic rings. The fourth-order valence-electron chi connectivity index (χ4n) is 5.73. The number of unbranched alkanes of at least 4 members (excludes halogenated alkanes) is 1. The van der Waals surface area contributed by atoms with Crippen molar-refractivity contribution in [3.8, 4) is 5.75 Å². The molecular weight excluding hydrogens is 738 g/mol. The van der Waals surface area contributed by atoms with E-state index in [1.165, 1.54) is 6.92 Å². The van der Waals surface area contributed by atoms with E-state index in [-0.39, 0.29) is 18.8 Å². The van der Waals surface area contributed by atoms with Crippen molar-refractivity contribution in [2.75, 3.05) is 6.61 Å². The van der Waals surface area contributed by atoms with Crippen molar-refractivity contribution in [3.63, 3.8) is 0 Å². The number of nitrogens with one attached hydrogen (secondary N) is 5. The lowest BCUT2D eigenvalue weighted by Gasteiger charge is -2.28. The Morgan fingerprint density at radius 3 is 1.93 bits per heavy atom. The third kappa shape index (κ3) is 17.4. The van der Waals surface area contributed by atoms with Gasteiger partial charge in [0.25, 0.3) is 5.91 Å². The molecule has 314 valence electrons. The van der Waals surface area contributed by atoms with E-state index in [4.69, 9.17) is 4.74 Å². The van der Waals surface area contributed by atoms with Gasteiger partial charge in [-0.25, -0.2) is 4.79 Å². The Morgan fingerprint density at radius 1 is 0.737 bits per heavy atom. The molecule has 0 fully saturated rings. The largest absolute Gasteiger partial charge is 0.494 e. The molecule has 0 saturated heterocycles. The Labute approximate surface area is 333 Å². The normalized spacial score (nSPS) is 14.3. The van der Waals surface area contributed by atoms with E-state index in [0.29, 0.717) is 29.9 Å². The van der Waals surface area contributed by atoms with Gasteiger partial charge in [-0.2, -0.15) is 0 Å². The van der Waals surface area contributed by atoms with Gasteiger partial charge in [-0.15, -0.1) is 0 Å². The fourth-order valence-corrected chi connectivity index (χ4v) is 5.73. The highest BCUT2D eigenvalue weighted by Gasteiger charge is 2.32. The van der Waals surface area contributed by atoms with Crippen LogP contribution in [0.5, 0.6) is 5.75 Å². The van der Waals surface area contributed by atoms with Crippen LogP contribution in [0.3, 0.4) is 0 Å². The minimum atomic E-state index is -1.45. The molecule has 2 rings (SSSR count). The minimum absolute atomic E-state index is 0.0480. The van der Waals surface area contributed by atoms with E-state index < -0.39 is 96.5 Å². The number of carboxylic acid groups (broad SMARTS) is 2. The highest BCUT2D eigenvalue weighted by Crippen LogP contribution is 2.16. The quantitative estimate of drug-likeness (QED) is 0.0679. The molecule has 16 nitrogen and oxygen atoms in total. The molecule has 6 atom stereocenters. The lowest BCUT2D eigenvalue weighted by Crippen LogP contribution is -2.58. The molecule has 5 amide bonds. The maximum absolute atomic E-state index is 13.4. The Kier molecular flexibility index (Phi) is 20.2. The molecule has 0 saturated carbocycles. The number of amides is 5. The monoisotopic (exact) mass is 797 g/mol. The number of benzene rings is 2. The van der Waals surface area contributed by atoms with E-state index in [1.54, 1.807) is 68.4 Å². The van der Waals surface area contributed by atoms with Crippen LogP contribution in [0, 0.1) is 11.8 Å². The number of aliphatic carboxylic acids is 2. The van der Waals surface area contributed by atoms with Crippen LogP contribution >= 0.6 is 0 Å². The first-order chi connectivity index (χ1) is 26.9. The zero-order valence-electron chi connectivity index (χ0n) is 33.6. The van der Waals surface area contributed by atoms with Crippen molar-refractivity contribution >= 4 is 41.5 Å². The molecule has 0 spiro atoms. The van der Waals surface area contributed by atoms with Crippen LogP contribution in [-0.2, 0) is 35.2 Å². The van der Waals surface area contributed by atoms with Crippen molar-refractivity contribution in [1.82, 2.24) is 26.6 Å². The number of carbonyl (C=O) groups is 7. The van der Waals surface area contributed by atoms with Crippen molar-refractivity contribution in [1.29, 1.82) is 0 Å². The van der Waals surface area contributed by atoms with Gasteiger partial charge in [-0.3, -0.25) is 28.8 Å². The van der Waals surface area contributed by atoms with Gasteiger partial charge < -0.3 is 46.6 Å². The number of aliphatic hydroxyl groups is 1. The zero-order valence-corrected chi connectivity index (χ0v) is 33.6. The molecule has 57 heavy (non-hydrogen) atoms. The Morgan fingerprint density at radius 2 is 1.37 bits per heavy atom. The Hall–Kier alpha value is -5.51. The van der Waals surface area contributed by atoms with Gasteiger partial charge in [0.05, 0.1) is 25.2 Å². The van der Waals surface area contributed by atoms with Crippen molar-refractivity contribution in [2.45, 2.75) is 123 Å². The predicted molar refractivity (Wildman–Crippen MR) is 211 cm³/mol. The van der Waals surface area contributed by atoms with Gasteiger partial charge in [0, 0.05) is 18.4 Å². The van der Waals surface area contributed by atoms with Crippen molar-refractivity contribution < 1.29 is 53.6 Å². The number of hydrogen-bond donors (Lipinski definition) is 8. The topological polar surface area (TPSA) is 250 Å². The summed E-state index contributed by atoms with van der Waals surface area (Å²) in [7, 11) is 0. The number of carbonyl (C=O) groups excluding carboxylic acids is 5. The van der Waals surface area contributed by atoms with Gasteiger partial charge in [-0.05, 0) is 67.9 Å². The first-order valence-corrected chi connectivity index (χ1v) is 19.3. The number of hydrogen-bond acceptors (Lipinski definition) is 9. The summed E-state index contributed by atoms with van der Waals surface area (Å²) in [6, 6.07) is 9.08. The van der Waals surface area contributed by atoms with E-state index in [0.717, 1.165) is 12.8 Å². The van der Waals surface area contributed by atoms with Crippen molar-refractivity contribution in [2.24, 2.45) is 11.8 Å². The summed E-state index contributed by atoms with van der Waals surface area (Å²) in [5, 5.41) is 42.8. The first kappa shape index (κ1) is 47.6. The summed E-state index contributed by atoms with van der Waals surface area (Å²) in [5.41, 5.74) is 0.973. The van der Waals surface area contributed by atoms with Gasteiger partial charge in [-0.1, -0.05) is 71.4 Å². The number of aliphatic hydroxyl groups excluding tert-OH is 1. The van der Waals surface area contributed by atoms with Crippen LogP contribution in [0.2, 0.25) is 0 Å². The SMILES string of the molecule is CCCCOc1ccc(C(=O)NC(CC(C)C)[C@@H](O)CC(=O)N[C@@H](C(=O)N[C@H](C)C(=O)N[C@H](CCC(=O)O)C(=O)N[C@H](Cc2ccccc2)C(=O)O)C(C)C)cc1. The van der Waals surface area contributed by atoms with Gasteiger partial charge >= 0.3 is 11.9 Å². The second kappa shape index (κ2) is 24.2. The summed E-state index contributed by atoms with van der Waals surface area (Å²) in [5.74, 6) is -6.04. The average Bonchev–Trinajstić information content (AvgIpc) is 3.14. The van der Waals surface area contributed by atoms with Gasteiger partial charge in [0.15, 0.2) is 0 Å². The van der Waals surface area contributed by atoms with Crippen LogP contribution < -0.4 is 31.3 Å². The predicted octanol–water partition coefficient (Wildman–Crippen LogP) is 2.57. The summed E-state index contributed by atoms with van der Waals surface area (Å²) >= 11 is 0. The maximum Gasteiger partial charge on any atom is 0.326 e. The molecule has 0 aliphatic carbocycles. The van der Waals surface area contributed by atoms with Gasteiger partial charge in [0.1, 0.15) is 29.9 Å². The molecule has 16 heteroatoms. The molecule has 0 radical (unpaired) electrons. The molecule has 1 unspecified atom stereocenters. The summed E-state index contributed by atoms with van der Waals surface area (Å²) in [6.45, 7) is 11.1. The van der Waals surface area contributed by atoms with Crippen LogP contribution in [-0.4, -0.2) is 99.7 Å². The zero-order chi connectivity index (χ0) is 42.7. The van der Waals surface area contributed by atoms with E-state index >= 15 is 0 Å². The maximum atomic E-state index is 13.4. The van der Waals surface area contributed by atoms with E-state index in [2.05, 4.69) is 33.5 Å². The highest BCUT2D eigenvalue weighted by atomic mass is 16.5. The average molecular weight is 798 g/mol. The summed E-state index contributed by atoms with van der Waals surface area (Å²) in [4.78, 5) is 89.3. The van der Waals surface area contributed by atoms with Crippen LogP contribution in [0.25, 0.3) is 0 Å². The third-order valence-corrected chi connectivity index (χ3v) is 8.98. The standard InChI is InChI=1S/C41H59N5O11/c1-7-8-20-57-29-16-14-28(15-17-29)38(52)44-31(21-24(2)3)33(47)23-34(48)46-36(25(4)5)40(54)42-26(6)37(51)43-30(18-19-35(49)50)39(53)45-32(41(55)56)22-27-12-10-9-11-13-27/h9-17,24-26,30-33,36,47H,7-8,18-23H2,1-6H3,(H,42,54)(H,43,51)(H,44,52)(H,45,53)(H,46,48)(H,49,50)(H,55,56)/t26-,30-,31?,32-,33+,36-/m1/s1. The molecular formula is C41H59N5O11. The van der Waals surface area contributed by atoms with E-state index in [1.807, 2.05) is 13.8 Å². The first-order valence-electron chi connectivity index (χ1n) is 19.3. The molecule has 0 aliphatic heterocycles. The van der Waals surface area contributed by atoms with Gasteiger partial charge in [0.2, 0.25) is 23.6 Å². The number of ether oxygens (including phenoxy) is 1. The fraction of sp³-hybridized carbons (Fsp3) is 0.537. The minimum Gasteiger partial charge on any atom is -0.494 e. The van der Waals surface area contributed by atoms with E-state index in [9.17, 15) is 48.9 Å². The molecule has 2 aromatic rings. The molecule has 0 bridgehead atoms. The molecule has 2 aromatic carbocycles. The smallest absolute Gasteiger partial charge is 0.326 e. The van der Waals surface area contributed by atoms with Crippen molar-refractivity contribution in [3.05, 3.63) is 65.7 Å². The highest BCUT2D eigenvalue weighted by molar-refractivity contribution is 5.96. The molecule has 0 heterocycles. The van der Waals surface area contributed by atoms with Crippen LogP contribution in [0.15, 0.2) is 54.6 Å². The molecule has 0 aromatic heterocycles. The van der Waals surface area contributed by atoms with Crippen LogP contribution in [0.1, 0.15) is 96.0 Å². The summed E-state index contributed by atoms with van der Waals surface area (Å²) in [6.07, 6.45) is -0.466. The number of carboxylic acids is 2. The molecule has 8 N–H and O–H groups in total. The summed E-state index contributed by atoms with van der Waals surface area (Å²) < 4.78 is 5.65. The Balaban J connectivity index is 2.06. The lowest BCUT2D eigenvalue weighted by atomic mass is 9.96.